The minimum atomic E-state index is -0.783. The lowest BCUT2D eigenvalue weighted by molar-refractivity contribution is -0.167. The molecule has 80 heavy (non-hydrogen) atoms. The van der Waals surface area contributed by atoms with E-state index in [0.717, 1.165) is 103 Å². The summed E-state index contributed by atoms with van der Waals surface area (Å²) in [5, 5.41) is 0. The monoisotopic (exact) mass is 1110 g/mol. The molecule has 462 valence electrons. The van der Waals surface area contributed by atoms with Gasteiger partial charge in [-0.1, -0.05) is 318 Å². The standard InChI is InChI=1S/C74H130O6/c1-4-7-10-13-16-19-22-25-28-30-32-34-36-37-39-40-42-44-46-49-52-55-58-61-64-67-73(76)79-70-71(69-78-72(75)66-63-60-57-54-51-48-27-24-21-18-15-12-9-6-3)80-74(77)68-65-62-59-56-53-50-47-45-43-41-38-35-33-31-29-26-23-20-17-14-11-8-5-2/h7,10,16,19,25,28,31-34,37,39,42,44,71H,4-6,8-9,11-15,17-18,20-24,26-27,29-30,35-36,38,40-41,43,45-70H2,1-3H3/b10-7-,19-16-,28-25-,33-31-,34-32-,39-37-,44-42-. The number of rotatable bonds is 63. The van der Waals surface area contributed by atoms with Gasteiger partial charge in [-0.15, -0.1) is 0 Å². The molecule has 6 nitrogen and oxygen atoms in total. The van der Waals surface area contributed by atoms with E-state index in [-0.39, 0.29) is 31.1 Å². The van der Waals surface area contributed by atoms with Crippen LogP contribution in [-0.2, 0) is 28.6 Å². The quantitative estimate of drug-likeness (QED) is 0.0261. The third-order valence-electron chi connectivity index (χ3n) is 15.1. The Morgan fingerprint density at radius 2 is 0.487 bits per heavy atom. The molecule has 0 aliphatic rings. The molecule has 1 atom stereocenters. The molecule has 0 aromatic heterocycles. The number of esters is 3. The molecule has 6 heteroatoms. The van der Waals surface area contributed by atoms with Crippen molar-refractivity contribution in [3.05, 3.63) is 85.1 Å². The van der Waals surface area contributed by atoms with Gasteiger partial charge in [-0.2, -0.15) is 0 Å². The highest BCUT2D eigenvalue weighted by atomic mass is 16.6. The van der Waals surface area contributed by atoms with E-state index in [9.17, 15) is 14.4 Å². The lowest BCUT2D eigenvalue weighted by Crippen LogP contribution is -2.30. The van der Waals surface area contributed by atoms with Gasteiger partial charge in [0.05, 0.1) is 0 Å². The van der Waals surface area contributed by atoms with Crippen LogP contribution >= 0.6 is 0 Å². The Bertz CT molecular complexity index is 1520. The maximum absolute atomic E-state index is 13.0. The van der Waals surface area contributed by atoms with Crippen LogP contribution in [-0.4, -0.2) is 37.2 Å². The van der Waals surface area contributed by atoms with Crippen molar-refractivity contribution in [1.82, 2.24) is 0 Å². The van der Waals surface area contributed by atoms with E-state index in [1.165, 1.54) is 205 Å². The summed E-state index contributed by atoms with van der Waals surface area (Å²) in [5.41, 5.74) is 0. The summed E-state index contributed by atoms with van der Waals surface area (Å²) in [7, 11) is 0. The summed E-state index contributed by atoms with van der Waals surface area (Å²) in [5.74, 6) is -0.876. The van der Waals surface area contributed by atoms with Gasteiger partial charge in [0.2, 0.25) is 0 Å². The van der Waals surface area contributed by atoms with Gasteiger partial charge in [0.25, 0.3) is 0 Å². The Morgan fingerprint density at radius 3 is 0.775 bits per heavy atom. The Kier molecular flexibility index (Phi) is 65.2. The first-order valence-corrected chi connectivity index (χ1v) is 34.6. The van der Waals surface area contributed by atoms with E-state index in [2.05, 4.69) is 106 Å². The molecule has 0 aliphatic carbocycles. The van der Waals surface area contributed by atoms with Crippen molar-refractivity contribution in [2.24, 2.45) is 0 Å². The SMILES string of the molecule is CC/C=C\C/C=C\C/C=C\C/C=C\C/C=C\C/C=C\CCCCCCCCC(=O)OCC(COC(=O)CCCCCCCCCCCCCCCC)OC(=O)CCCCCCCCCCCCC/C=C\CCCCCCCCCC. The Hall–Kier alpha value is -3.41. The van der Waals surface area contributed by atoms with Crippen LogP contribution in [0.2, 0.25) is 0 Å². The van der Waals surface area contributed by atoms with E-state index in [1.807, 2.05) is 0 Å². The minimum Gasteiger partial charge on any atom is -0.462 e. The summed E-state index contributed by atoms with van der Waals surface area (Å²) in [6.45, 7) is 6.56. The van der Waals surface area contributed by atoms with Gasteiger partial charge in [-0.05, 0) is 96.3 Å². The van der Waals surface area contributed by atoms with Crippen molar-refractivity contribution in [3.63, 3.8) is 0 Å². The van der Waals surface area contributed by atoms with Gasteiger partial charge in [0.15, 0.2) is 6.10 Å². The van der Waals surface area contributed by atoms with Gasteiger partial charge < -0.3 is 14.2 Å². The minimum absolute atomic E-state index is 0.0779. The lowest BCUT2D eigenvalue weighted by Gasteiger charge is -2.18. The second-order valence-electron chi connectivity index (χ2n) is 23.1. The normalized spacial score (nSPS) is 12.6. The van der Waals surface area contributed by atoms with Gasteiger partial charge in [0.1, 0.15) is 13.2 Å². The molecule has 0 aromatic carbocycles. The van der Waals surface area contributed by atoms with Gasteiger partial charge in [0, 0.05) is 19.3 Å². The van der Waals surface area contributed by atoms with Crippen LogP contribution < -0.4 is 0 Å². The van der Waals surface area contributed by atoms with Crippen LogP contribution in [0.3, 0.4) is 0 Å². The molecular weight excluding hydrogens is 985 g/mol. The highest BCUT2D eigenvalue weighted by Gasteiger charge is 2.19. The van der Waals surface area contributed by atoms with Crippen molar-refractivity contribution in [2.45, 2.75) is 354 Å². The number of ether oxygens (including phenoxy) is 3. The number of hydrogen-bond acceptors (Lipinski definition) is 6. The van der Waals surface area contributed by atoms with Crippen molar-refractivity contribution in [3.8, 4) is 0 Å². The summed E-state index contributed by atoms with van der Waals surface area (Å²) >= 11 is 0. The third-order valence-corrected chi connectivity index (χ3v) is 15.1. The molecule has 0 N–H and O–H groups in total. The topological polar surface area (TPSA) is 78.9 Å². The molecule has 0 aromatic rings. The zero-order valence-corrected chi connectivity index (χ0v) is 53.1. The molecule has 0 bridgehead atoms. The highest BCUT2D eigenvalue weighted by Crippen LogP contribution is 2.17. The maximum Gasteiger partial charge on any atom is 0.306 e. The molecule has 0 aliphatic heterocycles. The van der Waals surface area contributed by atoms with Crippen LogP contribution in [0.25, 0.3) is 0 Å². The van der Waals surface area contributed by atoms with Crippen LogP contribution in [0.5, 0.6) is 0 Å². The molecule has 0 heterocycles. The average molecular weight is 1120 g/mol. The Labute approximate surface area is 496 Å². The number of unbranched alkanes of at least 4 members (excludes halogenated alkanes) is 38. The van der Waals surface area contributed by atoms with Crippen molar-refractivity contribution < 1.29 is 28.6 Å². The van der Waals surface area contributed by atoms with E-state index in [1.54, 1.807) is 0 Å². The molecule has 0 fully saturated rings. The third kappa shape index (κ3) is 65.4. The summed E-state index contributed by atoms with van der Waals surface area (Å²) in [4.78, 5) is 38.4. The fourth-order valence-corrected chi connectivity index (χ4v) is 9.97. The summed E-state index contributed by atoms with van der Waals surface area (Å²) in [6, 6.07) is 0. The molecule has 1 unspecified atom stereocenters. The Balaban J connectivity index is 4.35. The zero-order valence-electron chi connectivity index (χ0n) is 53.1. The largest absolute Gasteiger partial charge is 0.462 e. The predicted octanol–water partition coefficient (Wildman–Crippen LogP) is 23.8. The molecular formula is C74H130O6. The zero-order chi connectivity index (χ0) is 57.8. The highest BCUT2D eigenvalue weighted by molar-refractivity contribution is 5.71. The van der Waals surface area contributed by atoms with E-state index in [0.29, 0.717) is 19.3 Å². The Morgan fingerprint density at radius 1 is 0.263 bits per heavy atom. The molecule has 0 saturated heterocycles. The number of carbonyl (C=O) groups excluding carboxylic acids is 3. The van der Waals surface area contributed by atoms with Gasteiger partial charge >= 0.3 is 17.9 Å². The molecule has 0 spiro atoms. The number of hydrogen-bond donors (Lipinski definition) is 0. The maximum atomic E-state index is 13.0. The second kappa shape index (κ2) is 68.1. The molecule has 0 amide bonds. The first kappa shape index (κ1) is 76.6. The van der Waals surface area contributed by atoms with Crippen LogP contribution in [0.1, 0.15) is 348 Å². The van der Waals surface area contributed by atoms with E-state index >= 15 is 0 Å². The fraction of sp³-hybridized carbons (Fsp3) is 0.770. The number of allylic oxidation sites excluding steroid dienone is 14. The van der Waals surface area contributed by atoms with Crippen molar-refractivity contribution in [1.29, 1.82) is 0 Å². The van der Waals surface area contributed by atoms with Gasteiger partial charge in [-0.25, -0.2) is 0 Å². The molecule has 0 rings (SSSR count). The van der Waals surface area contributed by atoms with Crippen LogP contribution in [0, 0.1) is 0 Å². The fourth-order valence-electron chi connectivity index (χ4n) is 9.97. The predicted molar refractivity (Wildman–Crippen MR) is 348 cm³/mol. The van der Waals surface area contributed by atoms with Gasteiger partial charge in [-0.3, -0.25) is 14.4 Å². The molecule has 0 saturated carbocycles. The average Bonchev–Trinajstić information content (AvgIpc) is 3.46. The van der Waals surface area contributed by atoms with Crippen LogP contribution in [0.15, 0.2) is 85.1 Å². The summed E-state index contributed by atoms with van der Waals surface area (Å²) < 4.78 is 17.0. The van der Waals surface area contributed by atoms with E-state index in [4.69, 9.17) is 14.2 Å². The number of carbonyl (C=O) groups is 3. The molecule has 0 radical (unpaired) electrons. The first-order valence-electron chi connectivity index (χ1n) is 34.6. The van der Waals surface area contributed by atoms with Crippen molar-refractivity contribution in [2.75, 3.05) is 13.2 Å². The lowest BCUT2D eigenvalue weighted by atomic mass is 10.0. The van der Waals surface area contributed by atoms with E-state index < -0.39 is 6.10 Å². The second-order valence-corrected chi connectivity index (χ2v) is 23.1. The smallest absolute Gasteiger partial charge is 0.306 e. The first-order chi connectivity index (χ1) is 39.5. The van der Waals surface area contributed by atoms with Crippen LogP contribution in [0.4, 0.5) is 0 Å². The summed E-state index contributed by atoms with van der Waals surface area (Å²) in [6.07, 6.45) is 90.2. The van der Waals surface area contributed by atoms with Crippen molar-refractivity contribution >= 4 is 17.9 Å².